The minimum absolute atomic E-state index is 0.492. The molecule has 0 aliphatic heterocycles. The van der Waals surface area contributed by atoms with E-state index in [2.05, 4.69) is 20.9 Å². The Morgan fingerprint density at radius 2 is 1.78 bits per heavy atom. The summed E-state index contributed by atoms with van der Waals surface area (Å²) >= 11 is 3.42. The van der Waals surface area contributed by atoms with E-state index in [1.165, 1.54) is 0 Å². The van der Waals surface area contributed by atoms with E-state index >= 15 is 0 Å². The number of benzene rings is 1. The fraction of sp³-hybridized carbons (Fsp3) is 0.154. The van der Waals surface area contributed by atoms with Gasteiger partial charge in [0.25, 0.3) is 0 Å². The summed E-state index contributed by atoms with van der Waals surface area (Å²) < 4.78 is 11.5. The third-order valence-electron chi connectivity index (χ3n) is 2.54. The third-order valence-corrected chi connectivity index (χ3v) is 3.48. The molecule has 1 heterocycles. The highest BCUT2D eigenvalue weighted by atomic mass is 79.9. The number of nitrogens with two attached hydrogens (primary N) is 1. The summed E-state index contributed by atoms with van der Waals surface area (Å²) in [6, 6.07) is 7.29. The monoisotopic (exact) mass is 308 g/mol. The number of ether oxygens (including phenoxy) is 2. The van der Waals surface area contributed by atoms with Crippen molar-refractivity contribution in [3.8, 4) is 17.4 Å². The Labute approximate surface area is 114 Å². The van der Waals surface area contributed by atoms with Crippen LogP contribution >= 0.6 is 15.9 Å². The van der Waals surface area contributed by atoms with Crippen LogP contribution in [-0.2, 0) is 0 Å². The number of pyridine rings is 1. The van der Waals surface area contributed by atoms with Crippen molar-refractivity contribution >= 4 is 21.6 Å². The SMILES string of the molecule is COc1ccc(Oc2ncc(N)c(C)c2Br)cc1. The molecule has 0 aliphatic rings. The molecule has 0 aliphatic carbocycles. The number of aromatic nitrogens is 1. The van der Waals surface area contributed by atoms with Gasteiger partial charge in [0, 0.05) is 0 Å². The van der Waals surface area contributed by atoms with Gasteiger partial charge in [-0.05, 0) is 52.7 Å². The smallest absolute Gasteiger partial charge is 0.233 e. The third kappa shape index (κ3) is 2.56. The molecule has 0 unspecified atom stereocenters. The van der Waals surface area contributed by atoms with E-state index in [1.807, 2.05) is 31.2 Å². The molecule has 0 atom stereocenters. The molecule has 0 saturated heterocycles. The molecule has 1 aromatic carbocycles. The van der Waals surface area contributed by atoms with Crippen LogP contribution in [0.5, 0.6) is 17.4 Å². The Hall–Kier alpha value is -1.75. The molecule has 0 radical (unpaired) electrons. The maximum atomic E-state index is 5.76. The number of anilines is 1. The minimum atomic E-state index is 0.492. The second kappa shape index (κ2) is 5.27. The van der Waals surface area contributed by atoms with Crippen LogP contribution in [0, 0.1) is 6.92 Å². The van der Waals surface area contributed by atoms with Gasteiger partial charge in [-0.15, -0.1) is 0 Å². The highest BCUT2D eigenvalue weighted by Crippen LogP contribution is 2.32. The van der Waals surface area contributed by atoms with Crippen LogP contribution in [0.15, 0.2) is 34.9 Å². The molecular weight excluding hydrogens is 296 g/mol. The van der Waals surface area contributed by atoms with E-state index in [1.54, 1.807) is 13.3 Å². The number of nitrogen functional groups attached to an aromatic ring is 1. The fourth-order valence-electron chi connectivity index (χ4n) is 1.40. The van der Waals surface area contributed by atoms with Gasteiger partial charge in [-0.2, -0.15) is 0 Å². The molecule has 2 N–H and O–H groups in total. The lowest BCUT2D eigenvalue weighted by Crippen LogP contribution is -1.96. The molecule has 5 heteroatoms. The molecule has 0 bridgehead atoms. The zero-order valence-corrected chi connectivity index (χ0v) is 11.7. The van der Waals surface area contributed by atoms with Crippen LogP contribution in [0.4, 0.5) is 5.69 Å². The van der Waals surface area contributed by atoms with E-state index in [0.717, 1.165) is 15.8 Å². The average molecular weight is 309 g/mol. The van der Waals surface area contributed by atoms with E-state index in [4.69, 9.17) is 15.2 Å². The van der Waals surface area contributed by atoms with Crippen LogP contribution in [0.25, 0.3) is 0 Å². The Bertz CT molecular complexity index is 556. The molecule has 4 nitrogen and oxygen atoms in total. The van der Waals surface area contributed by atoms with Gasteiger partial charge in [0.1, 0.15) is 11.5 Å². The van der Waals surface area contributed by atoms with Crippen molar-refractivity contribution in [2.45, 2.75) is 6.92 Å². The molecule has 0 fully saturated rings. The summed E-state index contributed by atoms with van der Waals surface area (Å²) in [7, 11) is 1.62. The first-order valence-corrected chi connectivity index (χ1v) is 6.13. The molecule has 2 rings (SSSR count). The first-order chi connectivity index (χ1) is 8.61. The lowest BCUT2D eigenvalue weighted by molar-refractivity contribution is 0.412. The van der Waals surface area contributed by atoms with Crippen molar-refractivity contribution in [2.75, 3.05) is 12.8 Å². The van der Waals surface area contributed by atoms with E-state index in [0.29, 0.717) is 17.3 Å². The van der Waals surface area contributed by atoms with E-state index in [9.17, 15) is 0 Å². The Kier molecular flexibility index (Phi) is 3.72. The van der Waals surface area contributed by atoms with Crippen molar-refractivity contribution in [2.24, 2.45) is 0 Å². The lowest BCUT2D eigenvalue weighted by atomic mass is 10.2. The molecule has 18 heavy (non-hydrogen) atoms. The maximum Gasteiger partial charge on any atom is 0.233 e. The lowest BCUT2D eigenvalue weighted by Gasteiger charge is -2.10. The quantitative estimate of drug-likeness (QED) is 0.942. The summed E-state index contributed by atoms with van der Waals surface area (Å²) in [6.45, 7) is 1.90. The largest absolute Gasteiger partial charge is 0.497 e. The maximum absolute atomic E-state index is 5.76. The Morgan fingerprint density at radius 3 is 2.39 bits per heavy atom. The molecule has 0 spiro atoms. The summed E-state index contributed by atoms with van der Waals surface area (Å²) in [6.07, 6.45) is 1.58. The number of halogens is 1. The van der Waals surface area contributed by atoms with Crippen LogP contribution in [0.3, 0.4) is 0 Å². The van der Waals surface area contributed by atoms with Crippen molar-refractivity contribution in [1.29, 1.82) is 0 Å². The first kappa shape index (κ1) is 12.7. The highest BCUT2D eigenvalue weighted by Gasteiger charge is 2.09. The highest BCUT2D eigenvalue weighted by molar-refractivity contribution is 9.10. The summed E-state index contributed by atoms with van der Waals surface area (Å²) in [5.74, 6) is 1.96. The normalized spacial score (nSPS) is 10.2. The standard InChI is InChI=1S/C13H13BrN2O2/c1-8-11(15)7-16-13(12(8)14)18-10-5-3-9(17-2)4-6-10/h3-7H,15H2,1-2H3. The van der Waals surface area contributed by atoms with Crippen molar-refractivity contribution in [3.05, 3.63) is 40.5 Å². The molecule has 1 aromatic heterocycles. The second-order valence-corrected chi connectivity index (χ2v) is 4.53. The molecular formula is C13H13BrN2O2. The van der Waals surface area contributed by atoms with Gasteiger partial charge in [-0.1, -0.05) is 0 Å². The minimum Gasteiger partial charge on any atom is -0.497 e. The van der Waals surface area contributed by atoms with Gasteiger partial charge in [0.2, 0.25) is 5.88 Å². The predicted molar refractivity (Wildman–Crippen MR) is 74.2 cm³/mol. The van der Waals surface area contributed by atoms with Gasteiger partial charge < -0.3 is 15.2 Å². The topological polar surface area (TPSA) is 57.4 Å². The van der Waals surface area contributed by atoms with Crippen molar-refractivity contribution in [1.82, 2.24) is 4.98 Å². The van der Waals surface area contributed by atoms with Gasteiger partial charge >= 0.3 is 0 Å². The first-order valence-electron chi connectivity index (χ1n) is 5.34. The number of hydrogen-bond donors (Lipinski definition) is 1. The van der Waals surface area contributed by atoms with Gasteiger partial charge in [-0.3, -0.25) is 0 Å². The number of hydrogen-bond acceptors (Lipinski definition) is 4. The second-order valence-electron chi connectivity index (χ2n) is 3.74. The van der Waals surface area contributed by atoms with Crippen LogP contribution in [0.1, 0.15) is 5.56 Å². The van der Waals surface area contributed by atoms with E-state index < -0.39 is 0 Å². The zero-order valence-electron chi connectivity index (χ0n) is 10.1. The summed E-state index contributed by atoms with van der Waals surface area (Å²) in [5.41, 5.74) is 7.30. The predicted octanol–water partition coefficient (Wildman–Crippen LogP) is 3.54. The van der Waals surface area contributed by atoms with E-state index in [-0.39, 0.29) is 0 Å². The molecule has 0 amide bonds. The zero-order chi connectivity index (χ0) is 13.1. The average Bonchev–Trinajstić information content (AvgIpc) is 2.40. The van der Waals surface area contributed by atoms with Gasteiger partial charge in [0.15, 0.2) is 0 Å². The number of methoxy groups -OCH3 is 1. The van der Waals surface area contributed by atoms with Crippen molar-refractivity contribution < 1.29 is 9.47 Å². The number of nitrogens with zero attached hydrogens (tertiary/aromatic N) is 1. The van der Waals surface area contributed by atoms with Crippen LogP contribution in [0.2, 0.25) is 0 Å². The van der Waals surface area contributed by atoms with Crippen LogP contribution in [-0.4, -0.2) is 12.1 Å². The van der Waals surface area contributed by atoms with Crippen LogP contribution < -0.4 is 15.2 Å². The Balaban J connectivity index is 2.25. The van der Waals surface area contributed by atoms with Gasteiger partial charge in [-0.25, -0.2) is 4.98 Å². The Morgan fingerprint density at radius 1 is 1.17 bits per heavy atom. The molecule has 94 valence electrons. The van der Waals surface area contributed by atoms with Crippen molar-refractivity contribution in [3.63, 3.8) is 0 Å². The fourth-order valence-corrected chi connectivity index (χ4v) is 1.81. The molecule has 0 saturated carbocycles. The number of rotatable bonds is 3. The summed E-state index contributed by atoms with van der Waals surface area (Å²) in [4.78, 5) is 4.15. The summed E-state index contributed by atoms with van der Waals surface area (Å²) in [5, 5.41) is 0. The molecule has 2 aromatic rings. The van der Waals surface area contributed by atoms with Gasteiger partial charge in [0.05, 0.1) is 23.5 Å².